The van der Waals surface area contributed by atoms with Crippen LogP contribution in [0.3, 0.4) is 0 Å². The van der Waals surface area contributed by atoms with Crippen LogP contribution in [0.4, 0.5) is 11.4 Å². The molecule has 27 heavy (non-hydrogen) atoms. The Kier molecular flexibility index (Phi) is 5.25. The van der Waals surface area contributed by atoms with Gasteiger partial charge in [-0.3, -0.25) is 14.9 Å². The van der Waals surface area contributed by atoms with Gasteiger partial charge >= 0.3 is 0 Å². The molecule has 3 aromatic rings. The molecule has 0 fully saturated rings. The Balaban J connectivity index is 1.61. The van der Waals surface area contributed by atoms with E-state index in [0.717, 1.165) is 11.1 Å². The van der Waals surface area contributed by atoms with Crippen molar-refractivity contribution in [2.45, 2.75) is 26.7 Å². The number of aryl methyl sites for hydroxylation is 2. The smallest absolute Gasteiger partial charge is 0.274 e. The maximum atomic E-state index is 12.2. The van der Waals surface area contributed by atoms with Crippen LogP contribution < -0.4 is 5.32 Å². The van der Waals surface area contributed by atoms with Crippen molar-refractivity contribution in [1.29, 1.82) is 0 Å². The van der Waals surface area contributed by atoms with E-state index >= 15 is 0 Å². The van der Waals surface area contributed by atoms with Crippen molar-refractivity contribution in [3.63, 3.8) is 0 Å². The molecule has 0 atom stereocenters. The molecule has 2 aromatic carbocycles. The van der Waals surface area contributed by atoms with E-state index in [4.69, 9.17) is 4.52 Å². The van der Waals surface area contributed by atoms with Gasteiger partial charge in [-0.05, 0) is 19.9 Å². The lowest BCUT2D eigenvalue weighted by Crippen LogP contribution is -2.13. The molecular formula is C19H18N4O4. The minimum absolute atomic E-state index is 0.0348. The van der Waals surface area contributed by atoms with Crippen molar-refractivity contribution in [3.8, 4) is 11.4 Å². The van der Waals surface area contributed by atoms with Gasteiger partial charge < -0.3 is 9.84 Å². The Morgan fingerprint density at radius 2 is 1.93 bits per heavy atom. The number of nitro groups is 1. The molecule has 8 heteroatoms. The summed E-state index contributed by atoms with van der Waals surface area (Å²) in [5, 5.41) is 17.6. The number of amides is 1. The summed E-state index contributed by atoms with van der Waals surface area (Å²) in [6.45, 7) is 3.59. The van der Waals surface area contributed by atoms with E-state index in [1.54, 1.807) is 13.0 Å². The summed E-state index contributed by atoms with van der Waals surface area (Å²) in [5.74, 6) is 0.546. The third-order valence-electron chi connectivity index (χ3n) is 4.12. The lowest BCUT2D eigenvalue weighted by atomic mass is 10.1. The van der Waals surface area contributed by atoms with Crippen LogP contribution in [0.2, 0.25) is 0 Å². The van der Waals surface area contributed by atoms with Crippen molar-refractivity contribution in [2.24, 2.45) is 0 Å². The summed E-state index contributed by atoms with van der Waals surface area (Å²) in [7, 11) is 0. The minimum atomic E-state index is -0.476. The first-order valence-electron chi connectivity index (χ1n) is 8.37. The number of nitrogens with zero attached hydrogens (tertiary/aromatic N) is 3. The first-order chi connectivity index (χ1) is 12.9. The van der Waals surface area contributed by atoms with Crippen LogP contribution in [0.25, 0.3) is 11.4 Å². The highest BCUT2D eigenvalue weighted by Gasteiger charge is 2.16. The summed E-state index contributed by atoms with van der Waals surface area (Å²) < 4.78 is 5.19. The van der Waals surface area contributed by atoms with E-state index in [0.29, 0.717) is 23.0 Å². The molecule has 8 nitrogen and oxygen atoms in total. The van der Waals surface area contributed by atoms with Crippen molar-refractivity contribution >= 4 is 17.3 Å². The van der Waals surface area contributed by atoms with Crippen molar-refractivity contribution < 1.29 is 14.2 Å². The Morgan fingerprint density at radius 3 is 2.63 bits per heavy atom. The van der Waals surface area contributed by atoms with E-state index in [1.165, 1.54) is 12.1 Å². The standard InChI is InChI=1S/C19H18N4O4/c1-12-6-8-14(9-7-12)19-21-18(27-22-19)11-10-17(24)20-15-4-3-5-16(13(15)2)23(25)26/h3-9H,10-11H2,1-2H3,(H,20,24). The Morgan fingerprint density at radius 1 is 1.19 bits per heavy atom. The quantitative estimate of drug-likeness (QED) is 0.524. The molecule has 0 aliphatic carbocycles. The summed E-state index contributed by atoms with van der Waals surface area (Å²) in [4.78, 5) is 27.0. The van der Waals surface area contributed by atoms with Gasteiger partial charge in [0.15, 0.2) is 0 Å². The van der Waals surface area contributed by atoms with Crippen LogP contribution in [-0.2, 0) is 11.2 Å². The lowest BCUT2D eigenvalue weighted by Gasteiger charge is -2.07. The second-order valence-electron chi connectivity index (χ2n) is 6.13. The maximum absolute atomic E-state index is 12.2. The topological polar surface area (TPSA) is 111 Å². The van der Waals surface area contributed by atoms with Gasteiger partial charge in [0.25, 0.3) is 5.69 Å². The fourth-order valence-corrected chi connectivity index (χ4v) is 2.57. The van der Waals surface area contributed by atoms with Crippen LogP contribution >= 0.6 is 0 Å². The fraction of sp³-hybridized carbons (Fsp3) is 0.211. The number of aromatic nitrogens is 2. The normalized spacial score (nSPS) is 10.6. The van der Waals surface area contributed by atoms with Gasteiger partial charge in [0.1, 0.15) is 0 Å². The number of carbonyl (C=O) groups is 1. The largest absolute Gasteiger partial charge is 0.339 e. The van der Waals surface area contributed by atoms with Crippen molar-refractivity contribution in [2.75, 3.05) is 5.32 Å². The predicted molar refractivity (Wildman–Crippen MR) is 99.3 cm³/mol. The molecule has 1 N–H and O–H groups in total. The molecular weight excluding hydrogens is 348 g/mol. The summed E-state index contributed by atoms with van der Waals surface area (Å²) >= 11 is 0. The van der Waals surface area contributed by atoms with Gasteiger partial charge in [-0.2, -0.15) is 4.98 Å². The number of anilines is 1. The molecule has 0 bridgehead atoms. The molecule has 138 valence electrons. The van der Waals surface area contributed by atoms with Gasteiger partial charge in [-0.25, -0.2) is 0 Å². The number of hydrogen-bond donors (Lipinski definition) is 1. The van der Waals surface area contributed by atoms with Gasteiger partial charge in [-0.1, -0.05) is 41.1 Å². The average molecular weight is 366 g/mol. The summed E-state index contributed by atoms with van der Waals surface area (Å²) in [5.41, 5.74) is 2.77. The fourth-order valence-electron chi connectivity index (χ4n) is 2.57. The van der Waals surface area contributed by atoms with Crippen LogP contribution in [0.15, 0.2) is 47.0 Å². The van der Waals surface area contributed by atoms with E-state index in [9.17, 15) is 14.9 Å². The second kappa shape index (κ2) is 7.77. The Hall–Kier alpha value is -3.55. The minimum Gasteiger partial charge on any atom is -0.339 e. The van der Waals surface area contributed by atoms with Crippen molar-refractivity contribution in [1.82, 2.24) is 10.1 Å². The number of benzene rings is 2. The number of nitrogens with one attached hydrogen (secondary N) is 1. The first kappa shape index (κ1) is 18.2. The zero-order valence-electron chi connectivity index (χ0n) is 14.9. The molecule has 0 aliphatic heterocycles. The number of carbonyl (C=O) groups excluding carboxylic acids is 1. The van der Waals surface area contributed by atoms with Gasteiger partial charge in [0, 0.05) is 24.5 Å². The second-order valence-corrected chi connectivity index (χ2v) is 6.13. The van der Waals surface area contributed by atoms with Crippen LogP contribution in [0, 0.1) is 24.0 Å². The first-order valence-corrected chi connectivity index (χ1v) is 8.37. The molecule has 0 unspecified atom stereocenters. The summed E-state index contributed by atoms with van der Waals surface area (Å²) in [6, 6.07) is 12.3. The van der Waals surface area contributed by atoms with E-state index in [1.807, 2.05) is 31.2 Å². The highest BCUT2D eigenvalue weighted by atomic mass is 16.6. The molecule has 1 amide bonds. The molecule has 0 aliphatic rings. The van der Waals surface area contributed by atoms with Crippen LogP contribution in [0.5, 0.6) is 0 Å². The number of hydrogen-bond acceptors (Lipinski definition) is 6. The Labute approximate surface area is 155 Å². The SMILES string of the molecule is Cc1ccc(-c2noc(CCC(=O)Nc3cccc([N+](=O)[O-])c3C)n2)cc1. The third kappa shape index (κ3) is 4.35. The van der Waals surface area contributed by atoms with Crippen LogP contribution in [-0.4, -0.2) is 21.0 Å². The van der Waals surface area contributed by atoms with Crippen LogP contribution in [0.1, 0.15) is 23.4 Å². The zero-order chi connectivity index (χ0) is 19.4. The number of rotatable bonds is 6. The maximum Gasteiger partial charge on any atom is 0.274 e. The van der Waals surface area contributed by atoms with E-state index in [2.05, 4.69) is 15.5 Å². The summed E-state index contributed by atoms with van der Waals surface area (Å²) in [6.07, 6.45) is 0.399. The molecule has 0 radical (unpaired) electrons. The zero-order valence-corrected chi connectivity index (χ0v) is 14.9. The van der Waals surface area contributed by atoms with Crippen molar-refractivity contribution in [3.05, 3.63) is 69.6 Å². The molecule has 1 aromatic heterocycles. The van der Waals surface area contributed by atoms with E-state index in [-0.39, 0.29) is 24.4 Å². The number of nitro benzene ring substituents is 1. The average Bonchev–Trinajstić information content (AvgIpc) is 3.11. The van der Waals surface area contributed by atoms with Gasteiger partial charge in [-0.15, -0.1) is 0 Å². The highest BCUT2D eigenvalue weighted by molar-refractivity contribution is 5.92. The Bertz CT molecular complexity index is 980. The lowest BCUT2D eigenvalue weighted by molar-refractivity contribution is -0.385. The molecule has 0 saturated heterocycles. The van der Waals surface area contributed by atoms with Gasteiger partial charge in [0.2, 0.25) is 17.6 Å². The molecule has 1 heterocycles. The molecule has 0 spiro atoms. The predicted octanol–water partition coefficient (Wildman–Crippen LogP) is 3.83. The highest BCUT2D eigenvalue weighted by Crippen LogP contribution is 2.25. The van der Waals surface area contributed by atoms with Gasteiger partial charge in [0.05, 0.1) is 16.2 Å². The van der Waals surface area contributed by atoms with E-state index < -0.39 is 4.92 Å². The molecule has 3 rings (SSSR count). The molecule has 0 saturated carbocycles. The monoisotopic (exact) mass is 366 g/mol. The third-order valence-corrected chi connectivity index (χ3v) is 4.12.